The van der Waals surface area contributed by atoms with Gasteiger partial charge in [-0.1, -0.05) is 310 Å². The Kier molecular flexibility index (Phi) is 15.6. The van der Waals surface area contributed by atoms with Gasteiger partial charge in [0.2, 0.25) is 6.71 Å². The summed E-state index contributed by atoms with van der Waals surface area (Å²) < 4.78 is 0. The van der Waals surface area contributed by atoms with Crippen molar-refractivity contribution in [2.75, 3.05) is 4.90 Å². The van der Waals surface area contributed by atoms with E-state index in [2.05, 4.69) is 345 Å². The Morgan fingerprint density at radius 3 is 1.29 bits per heavy atom. The Morgan fingerprint density at radius 1 is 0.351 bits per heavy atom. The van der Waals surface area contributed by atoms with Crippen LogP contribution in [0.1, 0.15) is 107 Å². The van der Waals surface area contributed by atoms with Crippen molar-refractivity contribution in [3.8, 4) is 95.1 Å². The number of hydrogen-bond donors (Lipinski definition) is 0. The second-order valence-electron chi connectivity index (χ2n) is 29.4. The van der Waals surface area contributed by atoms with Crippen LogP contribution in [0.4, 0.5) is 22.7 Å². The average Bonchev–Trinajstić information content (AvgIpc) is 0.692. The fraction of sp³-hybridized carbons (Fsp3) is 0.140. The van der Waals surface area contributed by atoms with Gasteiger partial charge in [-0.05, 0) is 187 Å². The van der Waals surface area contributed by atoms with Crippen LogP contribution in [0.5, 0.6) is 0 Å². The molecule has 1 atom stereocenters. The molecule has 2 heterocycles. The molecule has 13 aromatic carbocycles. The Morgan fingerprint density at radius 2 is 0.773 bits per heavy atom. The van der Waals surface area contributed by atoms with Crippen molar-refractivity contribution in [1.82, 2.24) is 0 Å². The minimum atomic E-state index is -0.314. The van der Waals surface area contributed by atoms with Crippen molar-refractivity contribution in [1.29, 1.82) is 5.26 Å². The highest BCUT2D eigenvalue weighted by atomic mass is 15.2. The number of fused-ring (bicyclic) bond motifs is 4. The molecule has 4 heteroatoms. The lowest BCUT2D eigenvalue weighted by atomic mass is 9.30. The first-order valence-electron chi connectivity index (χ1n) is 33.9. The summed E-state index contributed by atoms with van der Waals surface area (Å²) in [6.45, 7) is 28.7. The molecule has 0 amide bonds. The van der Waals surface area contributed by atoms with Crippen LogP contribution < -0.4 is 21.3 Å². The molecule has 0 fully saturated rings. The van der Waals surface area contributed by atoms with Gasteiger partial charge in [-0.3, -0.25) is 0 Å². The molecule has 0 radical (unpaired) electrons. The van der Waals surface area contributed by atoms with Crippen LogP contribution in [0.3, 0.4) is 0 Å². The molecule has 0 aliphatic carbocycles. The van der Waals surface area contributed by atoms with Crippen LogP contribution in [-0.2, 0) is 16.2 Å². The molecule has 0 aromatic heterocycles. The molecule has 466 valence electrons. The van der Waals surface area contributed by atoms with E-state index in [1.165, 1.54) is 60.9 Å². The molecule has 0 saturated heterocycles. The van der Waals surface area contributed by atoms with Crippen LogP contribution in [0.2, 0.25) is 0 Å². The van der Waals surface area contributed by atoms with Gasteiger partial charge in [0.05, 0.1) is 23.9 Å². The predicted molar refractivity (Wildman–Crippen MR) is 410 cm³/mol. The van der Waals surface area contributed by atoms with Crippen molar-refractivity contribution in [3.05, 3.63) is 342 Å². The number of nitriles is 1. The van der Waals surface area contributed by atoms with Crippen LogP contribution in [0, 0.1) is 17.9 Å². The largest absolute Gasteiger partial charge is 0.310 e. The molecule has 0 spiro atoms. The molecule has 0 bridgehead atoms. The topological polar surface area (TPSA) is 31.4 Å². The smallest absolute Gasteiger partial charge is 0.247 e. The molecule has 0 saturated carbocycles. The average molecular weight is 1250 g/mol. The van der Waals surface area contributed by atoms with Crippen LogP contribution in [0.15, 0.2) is 291 Å². The van der Waals surface area contributed by atoms with Gasteiger partial charge in [0, 0.05) is 28.4 Å². The molecule has 15 rings (SSSR count). The van der Waals surface area contributed by atoms with Gasteiger partial charge in [-0.2, -0.15) is 5.26 Å². The third kappa shape index (κ3) is 11.5. The summed E-state index contributed by atoms with van der Waals surface area (Å²) in [6, 6.07) is 111. The summed E-state index contributed by atoms with van der Waals surface area (Å²) >= 11 is 0. The highest BCUT2D eigenvalue weighted by Crippen LogP contribution is 2.54. The van der Waals surface area contributed by atoms with E-state index < -0.39 is 0 Å². The van der Waals surface area contributed by atoms with Crippen molar-refractivity contribution in [2.24, 2.45) is 0 Å². The first-order valence-corrected chi connectivity index (χ1v) is 33.9. The second-order valence-corrected chi connectivity index (χ2v) is 29.4. The monoisotopic (exact) mass is 1250 g/mol. The highest BCUT2D eigenvalue weighted by Gasteiger charge is 2.47. The van der Waals surface area contributed by atoms with Crippen LogP contribution in [-0.4, -0.2) is 6.71 Å². The summed E-state index contributed by atoms with van der Waals surface area (Å²) in [7, 11) is 0. The second kappa shape index (κ2) is 24.5. The lowest BCUT2D eigenvalue weighted by Crippen LogP contribution is -2.62. The van der Waals surface area contributed by atoms with Gasteiger partial charge < -0.3 is 4.90 Å². The van der Waals surface area contributed by atoms with Crippen LogP contribution >= 0.6 is 0 Å². The third-order valence-corrected chi connectivity index (χ3v) is 20.1. The molecule has 97 heavy (non-hydrogen) atoms. The van der Waals surface area contributed by atoms with E-state index in [-0.39, 0.29) is 28.9 Å². The number of benzene rings is 13. The van der Waals surface area contributed by atoms with Crippen molar-refractivity contribution < 1.29 is 0 Å². The van der Waals surface area contributed by atoms with Gasteiger partial charge in [0.15, 0.2) is 5.69 Å². The zero-order chi connectivity index (χ0) is 66.9. The van der Waals surface area contributed by atoms with Gasteiger partial charge in [-0.15, -0.1) is 0 Å². The van der Waals surface area contributed by atoms with E-state index >= 15 is 0 Å². The minimum absolute atomic E-state index is 0.135. The Hall–Kier alpha value is -11.3. The lowest BCUT2D eigenvalue weighted by Gasteiger charge is -2.45. The maximum atomic E-state index is 10.1. The molecule has 3 nitrogen and oxygen atoms in total. The first-order chi connectivity index (χ1) is 46.9. The molecular weight excluding hydrogens is 1170 g/mol. The zero-order valence-electron chi connectivity index (χ0n) is 56.7. The molecule has 13 aromatic rings. The van der Waals surface area contributed by atoms with Crippen LogP contribution in [0.25, 0.3) is 93.9 Å². The summed E-state index contributed by atoms with van der Waals surface area (Å²) in [6.07, 6.45) is 0. The summed E-state index contributed by atoms with van der Waals surface area (Å²) in [5.41, 5.74) is 33.3. The number of nitrogens with zero attached hydrogens (tertiary/aromatic N) is 3. The first kappa shape index (κ1) is 61.9. The summed E-state index contributed by atoms with van der Waals surface area (Å²) in [4.78, 5) is 6.51. The van der Waals surface area contributed by atoms with E-state index in [4.69, 9.17) is 6.57 Å². The van der Waals surface area contributed by atoms with E-state index in [1.807, 2.05) is 24.3 Å². The van der Waals surface area contributed by atoms with E-state index in [9.17, 15) is 5.26 Å². The SMILES string of the molecule is [C-]#[N+]c1ccc(-c2cc(-c3ccccc3)c(N3c4ccc(-c5ccccc5)cc4B4c5cc(-c6ccccc6)ccc5C(c5c(-c6ccccc6)cc(-c6ccc(C#N)cc6)cc5-c5cccc(C(C)(C)C)c5)c5cc(C(C)(C)C)cc3c54)c(-c3cccc(C(C)(C)C)c3)c2)cc1. The van der Waals surface area contributed by atoms with Crippen molar-refractivity contribution in [3.63, 3.8) is 0 Å². The Bertz CT molecular complexity index is 4940. The predicted octanol–water partition coefficient (Wildman–Crippen LogP) is 23.1. The quantitative estimate of drug-likeness (QED) is 0.101. The van der Waals surface area contributed by atoms with Crippen molar-refractivity contribution >= 4 is 45.9 Å². The molecule has 2 aliphatic rings. The fourth-order valence-corrected chi connectivity index (χ4v) is 15.0. The number of anilines is 3. The minimum Gasteiger partial charge on any atom is -0.310 e. The number of rotatable bonds is 10. The van der Waals surface area contributed by atoms with E-state index in [0.29, 0.717) is 11.3 Å². The maximum Gasteiger partial charge on any atom is 0.247 e. The maximum absolute atomic E-state index is 10.1. The summed E-state index contributed by atoms with van der Waals surface area (Å²) in [5, 5.41) is 10.1. The van der Waals surface area contributed by atoms with E-state index in [1.54, 1.807) is 0 Å². The number of hydrogen-bond acceptors (Lipinski definition) is 2. The highest BCUT2D eigenvalue weighted by molar-refractivity contribution is 6.99. The lowest BCUT2D eigenvalue weighted by molar-refractivity contribution is 0.589. The molecule has 2 aliphatic heterocycles. The molecule has 1 unspecified atom stereocenters. The van der Waals surface area contributed by atoms with Crippen molar-refractivity contribution in [2.45, 2.75) is 84.5 Å². The van der Waals surface area contributed by atoms with Gasteiger partial charge in [0.25, 0.3) is 0 Å². The zero-order valence-corrected chi connectivity index (χ0v) is 56.7. The molecular formula is C93H76BN3. The standard InChI is InChI=1S/C93H76BN3/c1-91(2,3)73-35-23-33-69(49-73)79-52-71(63-39-37-60(59-95)38-40-63)51-78(65-29-19-13-20-30-65)88(79)87-77-47-43-67(61-25-15-11-16-26-61)55-83(77)94-84-56-68(62-27-17-12-18-28-62)44-48-85(84)97(86-58-75(93(7,8)9)57-82(87)89(86)94)90-80(66-31-21-14-22-32-66)53-72(64-41-45-76(96-10)46-42-64)54-81(90)70-34-24-36-74(50-70)92(4,5)6/h11-58,87H,1-9H3. The normalized spacial score (nSPS) is 13.2. The fourth-order valence-electron chi connectivity index (χ4n) is 15.0. The van der Waals surface area contributed by atoms with Gasteiger partial charge in [-0.25, -0.2) is 4.85 Å². The third-order valence-electron chi connectivity index (χ3n) is 20.1. The van der Waals surface area contributed by atoms with Gasteiger partial charge in [0.1, 0.15) is 0 Å². The molecule has 0 N–H and O–H groups in total. The Balaban J connectivity index is 1.14. The summed E-state index contributed by atoms with van der Waals surface area (Å²) in [5.74, 6) is -0.302. The Labute approximate surface area is 573 Å². The van der Waals surface area contributed by atoms with Gasteiger partial charge >= 0.3 is 0 Å². The van der Waals surface area contributed by atoms with E-state index in [0.717, 1.165) is 95.0 Å².